The molecule has 3 aliphatic heterocycles. The molecular weight excluding hydrogens is 332 g/mol. The highest BCUT2D eigenvalue weighted by Gasteiger charge is 2.38. The Labute approximate surface area is 144 Å². The van der Waals surface area contributed by atoms with Crippen LogP contribution in [-0.2, 0) is 19.7 Å². The highest BCUT2D eigenvalue weighted by atomic mass is 32.2. The zero-order chi connectivity index (χ0) is 17.3. The van der Waals surface area contributed by atoms with E-state index in [1.807, 2.05) is 13.8 Å². The number of piperazine rings is 1. The summed E-state index contributed by atoms with van der Waals surface area (Å²) in [7, 11) is -3.49. The summed E-state index contributed by atoms with van der Waals surface area (Å²) in [4.78, 5) is 14.2. The fraction of sp³-hybridized carbons (Fsp3) is 0.933. The van der Waals surface area contributed by atoms with Gasteiger partial charge in [0.15, 0.2) is 0 Å². The summed E-state index contributed by atoms with van der Waals surface area (Å²) >= 11 is 0. The first-order valence-corrected chi connectivity index (χ1v) is 10.2. The molecule has 3 heterocycles. The number of nitrogens with one attached hydrogen (secondary N) is 1. The molecule has 1 amide bonds. The van der Waals surface area contributed by atoms with Gasteiger partial charge in [0.1, 0.15) is 0 Å². The third kappa shape index (κ3) is 3.75. The van der Waals surface area contributed by atoms with Crippen LogP contribution in [0.1, 0.15) is 26.7 Å². The molecule has 9 heteroatoms. The standard InChI is InChI=1S/C15H28N4O4S/c1-12-10-19(11-13(2)23-12)24(21,22)18-8-6-17(7-9-18)15(20)14-4-3-5-16-14/h12-14,16H,3-11H2,1-2H3. The summed E-state index contributed by atoms with van der Waals surface area (Å²) in [5.74, 6) is 0.109. The minimum absolute atomic E-state index is 0.0888. The molecule has 0 bridgehead atoms. The summed E-state index contributed by atoms with van der Waals surface area (Å²) < 4.78 is 34.3. The van der Waals surface area contributed by atoms with Crippen LogP contribution >= 0.6 is 0 Å². The molecule has 3 atom stereocenters. The van der Waals surface area contributed by atoms with Crippen molar-refractivity contribution >= 4 is 16.1 Å². The lowest BCUT2D eigenvalue weighted by Crippen LogP contribution is -2.58. The van der Waals surface area contributed by atoms with Crippen molar-refractivity contribution in [3.63, 3.8) is 0 Å². The molecule has 0 aliphatic carbocycles. The highest BCUT2D eigenvalue weighted by Crippen LogP contribution is 2.19. The van der Waals surface area contributed by atoms with E-state index in [0.717, 1.165) is 19.4 Å². The van der Waals surface area contributed by atoms with Crippen LogP contribution in [0.5, 0.6) is 0 Å². The maximum Gasteiger partial charge on any atom is 0.282 e. The SMILES string of the molecule is CC1CN(S(=O)(=O)N2CCN(C(=O)C3CCCN3)CC2)CC(C)O1. The predicted molar refractivity (Wildman–Crippen MR) is 89.7 cm³/mol. The Balaban J connectivity index is 1.58. The molecule has 0 spiro atoms. The van der Waals surface area contributed by atoms with Gasteiger partial charge in [-0.2, -0.15) is 17.0 Å². The molecule has 0 aromatic rings. The lowest BCUT2D eigenvalue weighted by atomic mass is 10.2. The van der Waals surface area contributed by atoms with Crippen molar-refractivity contribution in [1.29, 1.82) is 0 Å². The quantitative estimate of drug-likeness (QED) is 0.715. The van der Waals surface area contributed by atoms with Crippen LogP contribution in [0.15, 0.2) is 0 Å². The second-order valence-electron chi connectivity index (χ2n) is 6.96. The predicted octanol–water partition coefficient (Wildman–Crippen LogP) is -0.763. The van der Waals surface area contributed by atoms with Gasteiger partial charge >= 0.3 is 0 Å². The molecule has 0 aromatic heterocycles. The molecule has 8 nitrogen and oxygen atoms in total. The minimum atomic E-state index is -3.49. The number of carbonyl (C=O) groups is 1. The van der Waals surface area contributed by atoms with Gasteiger partial charge in [0.2, 0.25) is 5.91 Å². The molecular formula is C15H28N4O4S. The summed E-state index contributed by atoms with van der Waals surface area (Å²) in [6, 6.07) is -0.0888. The fourth-order valence-corrected chi connectivity index (χ4v) is 5.49. The molecule has 3 saturated heterocycles. The molecule has 1 N–H and O–H groups in total. The molecule has 0 saturated carbocycles. The third-order valence-corrected chi connectivity index (χ3v) is 6.92. The van der Waals surface area contributed by atoms with E-state index in [1.165, 1.54) is 8.61 Å². The maximum atomic E-state index is 12.8. The first-order valence-electron chi connectivity index (χ1n) is 8.81. The van der Waals surface area contributed by atoms with E-state index < -0.39 is 10.2 Å². The first kappa shape index (κ1) is 18.1. The maximum absolute atomic E-state index is 12.8. The van der Waals surface area contributed by atoms with Crippen LogP contribution in [0, 0.1) is 0 Å². The largest absolute Gasteiger partial charge is 0.373 e. The van der Waals surface area contributed by atoms with Crippen molar-refractivity contribution in [2.24, 2.45) is 0 Å². The van der Waals surface area contributed by atoms with E-state index in [-0.39, 0.29) is 24.2 Å². The number of amides is 1. The molecule has 0 radical (unpaired) electrons. The Hall–Kier alpha value is -0.740. The monoisotopic (exact) mass is 360 g/mol. The van der Waals surface area contributed by atoms with Crippen LogP contribution in [0.2, 0.25) is 0 Å². The molecule has 24 heavy (non-hydrogen) atoms. The molecule has 138 valence electrons. The minimum Gasteiger partial charge on any atom is -0.373 e. The summed E-state index contributed by atoms with van der Waals surface area (Å²) in [6.45, 7) is 7.10. The molecule has 0 aromatic carbocycles. The molecule has 3 fully saturated rings. The molecule has 3 aliphatic rings. The number of ether oxygens (including phenoxy) is 1. The molecule has 3 unspecified atom stereocenters. The first-order chi connectivity index (χ1) is 11.4. The molecule has 3 rings (SSSR count). The Kier molecular flexibility index (Phi) is 5.45. The summed E-state index contributed by atoms with van der Waals surface area (Å²) in [5.41, 5.74) is 0. The Morgan fingerprint density at radius 2 is 1.67 bits per heavy atom. The average Bonchev–Trinajstić information content (AvgIpc) is 3.08. The van der Waals surface area contributed by atoms with E-state index in [2.05, 4.69) is 5.32 Å². The van der Waals surface area contributed by atoms with Crippen molar-refractivity contribution in [1.82, 2.24) is 18.8 Å². The van der Waals surface area contributed by atoms with Gasteiger partial charge in [0.25, 0.3) is 10.2 Å². The fourth-order valence-electron chi connectivity index (χ4n) is 3.74. The number of rotatable bonds is 3. The van der Waals surface area contributed by atoms with Gasteiger partial charge in [-0.15, -0.1) is 0 Å². The van der Waals surface area contributed by atoms with Crippen molar-refractivity contribution in [3.05, 3.63) is 0 Å². The van der Waals surface area contributed by atoms with Gasteiger partial charge in [-0.3, -0.25) is 4.79 Å². The van der Waals surface area contributed by atoms with Gasteiger partial charge in [-0.05, 0) is 33.2 Å². The third-order valence-electron chi connectivity index (χ3n) is 4.95. The van der Waals surface area contributed by atoms with Gasteiger partial charge < -0.3 is 15.0 Å². The summed E-state index contributed by atoms with van der Waals surface area (Å²) in [5, 5.41) is 3.21. The van der Waals surface area contributed by atoms with E-state index >= 15 is 0 Å². The van der Waals surface area contributed by atoms with Crippen molar-refractivity contribution < 1.29 is 17.9 Å². The van der Waals surface area contributed by atoms with Gasteiger partial charge in [-0.25, -0.2) is 0 Å². The lowest BCUT2D eigenvalue weighted by Gasteiger charge is -2.40. The van der Waals surface area contributed by atoms with Crippen LogP contribution in [0.25, 0.3) is 0 Å². The number of hydrogen-bond donors (Lipinski definition) is 1. The van der Waals surface area contributed by atoms with Crippen LogP contribution < -0.4 is 5.32 Å². The van der Waals surface area contributed by atoms with Crippen molar-refractivity contribution in [2.75, 3.05) is 45.8 Å². The Bertz CT molecular complexity index is 546. The van der Waals surface area contributed by atoms with Crippen LogP contribution in [-0.4, -0.2) is 91.9 Å². The van der Waals surface area contributed by atoms with Crippen molar-refractivity contribution in [2.45, 2.75) is 44.9 Å². The zero-order valence-corrected chi connectivity index (χ0v) is 15.3. The topological polar surface area (TPSA) is 82.2 Å². The average molecular weight is 360 g/mol. The number of nitrogens with zero attached hydrogens (tertiary/aromatic N) is 3. The smallest absolute Gasteiger partial charge is 0.282 e. The number of hydrogen-bond acceptors (Lipinski definition) is 5. The Morgan fingerprint density at radius 1 is 1.04 bits per heavy atom. The van der Waals surface area contributed by atoms with Crippen LogP contribution in [0.4, 0.5) is 0 Å². The normalized spacial score (nSPS) is 33.8. The lowest BCUT2D eigenvalue weighted by molar-refractivity contribution is -0.134. The highest BCUT2D eigenvalue weighted by molar-refractivity contribution is 7.86. The van der Waals surface area contributed by atoms with E-state index in [1.54, 1.807) is 4.90 Å². The number of morpholine rings is 1. The second-order valence-corrected chi connectivity index (χ2v) is 8.88. The van der Waals surface area contributed by atoms with E-state index in [9.17, 15) is 13.2 Å². The second kappa shape index (κ2) is 7.25. The van der Waals surface area contributed by atoms with E-state index in [0.29, 0.717) is 39.3 Å². The number of carbonyl (C=O) groups excluding carboxylic acids is 1. The van der Waals surface area contributed by atoms with Gasteiger partial charge in [0, 0.05) is 39.3 Å². The summed E-state index contributed by atoms with van der Waals surface area (Å²) in [6.07, 6.45) is 1.71. The van der Waals surface area contributed by atoms with E-state index in [4.69, 9.17) is 4.74 Å². The zero-order valence-electron chi connectivity index (χ0n) is 14.5. The van der Waals surface area contributed by atoms with Gasteiger partial charge in [-0.1, -0.05) is 0 Å². The van der Waals surface area contributed by atoms with Gasteiger partial charge in [0.05, 0.1) is 18.2 Å². The van der Waals surface area contributed by atoms with Crippen LogP contribution in [0.3, 0.4) is 0 Å². The van der Waals surface area contributed by atoms with Crippen molar-refractivity contribution in [3.8, 4) is 0 Å². The Morgan fingerprint density at radius 3 is 2.21 bits per heavy atom.